The topological polar surface area (TPSA) is 129 Å². The first-order chi connectivity index (χ1) is 4.24. The molecule has 0 bridgehead atoms. The Hall–Kier alpha value is -1.59. The summed E-state index contributed by atoms with van der Waals surface area (Å²) in [5.41, 5.74) is 12.5. The van der Waals surface area contributed by atoms with E-state index in [1.54, 1.807) is 0 Å². The molecule has 0 saturated carbocycles. The maximum atomic E-state index is 8.58. The quantitative estimate of drug-likeness (QED) is 0.312. The highest BCUT2D eigenvalue weighted by molar-refractivity contribution is 5.42. The standard InChI is InChI=1S/3CH3NO/c3*2-1-3/h3*1H,(H2,2,3). The summed E-state index contributed by atoms with van der Waals surface area (Å²) in [6.45, 7) is 0. The summed E-state index contributed by atoms with van der Waals surface area (Å²) in [7, 11) is 0. The van der Waals surface area contributed by atoms with Gasteiger partial charge in [-0.2, -0.15) is 0 Å². The molecule has 0 radical (unpaired) electrons. The second kappa shape index (κ2) is 94.4. The molecule has 0 heterocycles. The SMILES string of the molecule is NC=O.NC=O.NC=O. The lowest BCUT2D eigenvalue weighted by atomic mass is 11.5. The van der Waals surface area contributed by atoms with Crippen molar-refractivity contribution in [1.82, 2.24) is 0 Å². The minimum atomic E-state index is 0.250. The lowest BCUT2D eigenvalue weighted by Gasteiger charge is -1.32. The molecule has 0 aliphatic rings. The van der Waals surface area contributed by atoms with Crippen molar-refractivity contribution < 1.29 is 14.4 Å². The maximum absolute atomic E-state index is 8.58. The molecule has 0 aliphatic heterocycles. The van der Waals surface area contributed by atoms with E-state index in [9.17, 15) is 0 Å². The average molecular weight is 135 g/mol. The van der Waals surface area contributed by atoms with Crippen LogP contribution in [0.5, 0.6) is 0 Å². The summed E-state index contributed by atoms with van der Waals surface area (Å²) in [5.74, 6) is 0. The van der Waals surface area contributed by atoms with E-state index in [-0.39, 0.29) is 19.2 Å². The molecule has 6 nitrogen and oxygen atoms in total. The van der Waals surface area contributed by atoms with E-state index in [1.807, 2.05) is 0 Å². The summed E-state index contributed by atoms with van der Waals surface area (Å²) in [6, 6.07) is 0. The van der Waals surface area contributed by atoms with Crippen LogP contribution in [0, 0.1) is 0 Å². The molecule has 0 spiro atoms. The Morgan fingerprint density at radius 2 is 0.667 bits per heavy atom. The summed E-state index contributed by atoms with van der Waals surface area (Å²) >= 11 is 0. The number of amides is 3. The Morgan fingerprint density at radius 3 is 0.667 bits per heavy atom. The van der Waals surface area contributed by atoms with Crippen LogP contribution in [-0.2, 0) is 14.4 Å². The van der Waals surface area contributed by atoms with Gasteiger partial charge in [-0.05, 0) is 0 Å². The molecular formula is C3H9N3O3. The van der Waals surface area contributed by atoms with Gasteiger partial charge in [-0.3, -0.25) is 14.4 Å². The minimum absolute atomic E-state index is 0.250. The molecule has 0 atom stereocenters. The molecule has 6 N–H and O–H groups in total. The third kappa shape index (κ3) is 49.3. The van der Waals surface area contributed by atoms with Gasteiger partial charge in [-0.1, -0.05) is 0 Å². The smallest absolute Gasteiger partial charge is 0.204 e. The molecule has 54 valence electrons. The fraction of sp³-hybridized carbons (Fsp3) is 0. The van der Waals surface area contributed by atoms with Crippen molar-refractivity contribution in [2.24, 2.45) is 17.2 Å². The van der Waals surface area contributed by atoms with Gasteiger partial charge in [0, 0.05) is 0 Å². The Bertz CT molecular complexity index is 51.1. The second-order valence-electron chi connectivity index (χ2n) is 0.408. The van der Waals surface area contributed by atoms with Crippen molar-refractivity contribution in [1.29, 1.82) is 0 Å². The monoisotopic (exact) mass is 135 g/mol. The summed E-state index contributed by atoms with van der Waals surface area (Å²) in [4.78, 5) is 25.8. The molecule has 0 saturated heterocycles. The normalized spacial score (nSPS) is 4.00. The van der Waals surface area contributed by atoms with Crippen LogP contribution in [0.3, 0.4) is 0 Å². The summed E-state index contributed by atoms with van der Waals surface area (Å²) in [5, 5.41) is 0. The van der Waals surface area contributed by atoms with Crippen molar-refractivity contribution in [3.63, 3.8) is 0 Å². The van der Waals surface area contributed by atoms with Crippen molar-refractivity contribution >= 4 is 19.2 Å². The van der Waals surface area contributed by atoms with E-state index in [4.69, 9.17) is 14.4 Å². The van der Waals surface area contributed by atoms with E-state index in [2.05, 4.69) is 17.2 Å². The van der Waals surface area contributed by atoms with Crippen LogP contribution in [0.15, 0.2) is 0 Å². The number of hydrogen-bond donors (Lipinski definition) is 3. The Labute approximate surface area is 52.0 Å². The molecule has 6 heteroatoms. The molecule has 3 amide bonds. The molecule has 0 aromatic heterocycles. The van der Waals surface area contributed by atoms with Crippen LogP contribution in [0.4, 0.5) is 0 Å². The number of carbonyl (C=O) groups is 3. The van der Waals surface area contributed by atoms with Gasteiger partial charge in [0.25, 0.3) is 0 Å². The molecule has 9 heavy (non-hydrogen) atoms. The van der Waals surface area contributed by atoms with Gasteiger partial charge >= 0.3 is 0 Å². The molecular weight excluding hydrogens is 126 g/mol. The second-order valence-corrected chi connectivity index (χ2v) is 0.408. The third-order valence-corrected chi connectivity index (χ3v) is 0. The largest absolute Gasteiger partial charge is 0.372 e. The predicted molar refractivity (Wildman–Crippen MR) is 30.8 cm³/mol. The first kappa shape index (κ1) is 15.7. The van der Waals surface area contributed by atoms with E-state index in [0.29, 0.717) is 0 Å². The van der Waals surface area contributed by atoms with Crippen molar-refractivity contribution in [3.05, 3.63) is 0 Å². The van der Waals surface area contributed by atoms with Gasteiger partial charge in [0.15, 0.2) is 0 Å². The lowest BCUT2D eigenvalue weighted by Crippen LogP contribution is -1.82. The van der Waals surface area contributed by atoms with Gasteiger partial charge in [-0.25, -0.2) is 0 Å². The first-order valence-electron chi connectivity index (χ1n) is 1.71. The highest BCUT2D eigenvalue weighted by atomic mass is 16.1. The highest BCUT2D eigenvalue weighted by Gasteiger charge is 1.19. The lowest BCUT2D eigenvalue weighted by molar-refractivity contribution is -0.107. The maximum Gasteiger partial charge on any atom is 0.204 e. The average Bonchev–Trinajstić information content (AvgIpc) is 1.70. The Morgan fingerprint density at radius 1 is 0.667 bits per heavy atom. The molecule has 0 fully saturated rings. The van der Waals surface area contributed by atoms with Crippen LogP contribution in [0.1, 0.15) is 0 Å². The van der Waals surface area contributed by atoms with Crippen LogP contribution in [0.2, 0.25) is 0 Å². The number of hydrogen-bond acceptors (Lipinski definition) is 3. The van der Waals surface area contributed by atoms with E-state index in [0.717, 1.165) is 0 Å². The fourth-order valence-corrected chi connectivity index (χ4v) is 0. The van der Waals surface area contributed by atoms with E-state index < -0.39 is 0 Å². The fourth-order valence-electron chi connectivity index (χ4n) is 0. The third-order valence-electron chi connectivity index (χ3n) is 0. The van der Waals surface area contributed by atoms with E-state index >= 15 is 0 Å². The van der Waals surface area contributed by atoms with Crippen LogP contribution in [-0.4, -0.2) is 19.2 Å². The van der Waals surface area contributed by atoms with Gasteiger partial charge in [0.2, 0.25) is 19.2 Å². The van der Waals surface area contributed by atoms with Gasteiger partial charge in [0.05, 0.1) is 0 Å². The number of nitrogens with two attached hydrogens (primary N) is 3. The van der Waals surface area contributed by atoms with Crippen molar-refractivity contribution in [2.75, 3.05) is 0 Å². The number of carbonyl (C=O) groups excluding carboxylic acids is 3. The first-order valence-corrected chi connectivity index (χ1v) is 1.71. The molecule has 0 unspecified atom stereocenters. The Kier molecular flexibility index (Phi) is 164. The van der Waals surface area contributed by atoms with Crippen molar-refractivity contribution in [3.8, 4) is 0 Å². The molecule has 0 aliphatic carbocycles. The number of rotatable bonds is 0. The van der Waals surface area contributed by atoms with Crippen LogP contribution < -0.4 is 17.2 Å². The minimum Gasteiger partial charge on any atom is -0.372 e. The molecule has 0 aromatic carbocycles. The highest BCUT2D eigenvalue weighted by Crippen LogP contribution is 0.804. The zero-order valence-corrected chi connectivity index (χ0v) is 4.69. The zero-order chi connectivity index (χ0) is 8.12. The van der Waals surface area contributed by atoms with Gasteiger partial charge in [0.1, 0.15) is 0 Å². The molecule has 0 aromatic rings. The van der Waals surface area contributed by atoms with Crippen LogP contribution in [0.25, 0.3) is 0 Å². The number of primary amides is 3. The molecule has 0 rings (SSSR count). The zero-order valence-electron chi connectivity index (χ0n) is 4.69. The summed E-state index contributed by atoms with van der Waals surface area (Å²) < 4.78 is 0. The summed E-state index contributed by atoms with van der Waals surface area (Å²) in [6.07, 6.45) is 0.750. The van der Waals surface area contributed by atoms with Crippen LogP contribution >= 0.6 is 0 Å². The van der Waals surface area contributed by atoms with Gasteiger partial charge in [-0.15, -0.1) is 0 Å². The van der Waals surface area contributed by atoms with Gasteiger partial charge < -0.3 is 17.2 Å². The predicted octanol–water partition coefficient (Wildman–Crippen LogP) is -2.70. The van der Waals surface area contributed by atoms with E-state index in [1.165, 1.54) is 0 Å². The van der Waals surface area contributed by atoms with Crippen molar-refractivity contribution in [2.45, 2.75) is 0 Å². The Balaban J connectivity index is -0.0000000600.